The Morgan fingerprint density at radius 2 is 1.84 bits per heavy atom. The Labute approximate surface area is 117 Å². The Hall–Kier alpha value is -0.120. The van der Waals surface area contributed by atoms with Crippen LogP contribution in [0.25, 0.3) is 0 Å². The zero-order valence-electron chi connectivity index (χ0n) is 12.7. The Morgan fingerprint density at radius 3 is 2.37 bits per heavy atom. The van der Waals surface area contributed by atoms with Gasteiger partial charge in [0.25, 0.3) is 0 Å². The van der Waals surface area contributed by atoms with Gasteiger partial charge in [0, 0.05) is 19.1 Å². The molecule has 2 saturated carbocycles. The first-order valence-electron chi connectivity index (χ1n) is 8.07. The molecule has 3 heteroatoms. The Balaban J connectivity index is 2.19. The molecule has 0 spiro atoms. The van der Waals surface area contributed by atoms with E-state index >= 15 is 0 Å². The highest BCUT2D eigenvalue weighted by Crippen LogP contribution is 2.52. The minimum absolute atomic E-state index is 0.0250. The van der Waals surface area contributed by atoms with Gasteiger partial charge in [-0.05, 0) is 44.4 Å². The Kier molecular flexibility index (Phi) is 4.91. The van der Waals surface area contributed by atoms with Gasteiger partial charge in [0.2, 0.25) is 0 Å². The van der Waals surface area contributed by atoms with Gasteiger partial charge in [0.1, 0.15) is 0 Å². The normalized spacial score (nSPS) is 44.2. The first kappa shape index (κ1) is 15.3. The molecule has 2 aliphatic carbocycles. The summed E-state index contributed by atoms with van der Waals surface area (Å²) in [5, 5.41) is 11.4. The predicted octanol–water partition coefficient (Wildman–Crippen LogP) is 2.85. The summed E-state index contributed by atoms with van der Waals surface area (Å²) >= 11 is 0. The first-order chi connectivity index (χ1) is 9.12. The quantitative estimate of drug-likeness (QED) is 0.825. The second kappa shape index (κ2) is 6.11. The SMILES string of the molecule is CCC1CCC(CN)(C2(O)CCCCC2OC)CC1. The molecular weight excluding hydrogens is 238 g/mol. The molecule has 0 bridgehead atoms. The molecule has 3 N–H and O–H groups in total. The zero-order valence-corrected chi connectivity index (χ0v) is 12.7. The molecule has 2 rings (SSSR count). The summed E-state index contributed by atoms with van der Waals surface area (Å²) in [7, 11) is 1.74. The highest BCUT2D eigenvalue weighted by atomic mass is 16.5. The van der Waals surface area contributed by atoms with Crippen LogP contribution in [0.1, 0.15) is 64.7 Å². The smallest absolute Gasteiger partial charge is 0.0975 e. The van der Waals surface area contributed by atoms with Crippen molar-refractivity contribution in [1.82, 2.24) is 0 Å². The summed E-state index contributed by atoms with van der Waals surface area (Å²) in [5.41, 5.74) is 5.33. The van der Waals surface area contributed by atoms with Gasteiger partial charge in [-0.3, -0.25) is 0 Å². The van der Waals surface area contributed by atoms with E-state index in [1.807, 2.05) is 0 Å². The minimum Gasteiger partial charge on any atom is -0.387 e. The van der Waals surface area contributed by atoms with E-state index in [1.165, 1.54) is 25.7 Å². The summed E-state index contributed by atoms with van der Waals surface area (Å²) in [6, 6.07) is 0. The van der Waals surface area contributed by atoms with Crippen molar-refractivity contribution >= 4 is 0 Å². The second-order valence-electron chi connectivity index (χ2n) is 6.73. The third-order valence-electron chi connectivity index (χ3n) is 6.04. The molecular formula is C16H31NO2. The van der Waals surface area contributed by atoms with Crippen LogP contribution in [-0.2, 0) is 4.74 Å². The molecule has 0 aromatic rings. The van der Waals surface area contributed by atoms with E-state index in [0.717, 1.165) is 38.0 Å². The molecule has 0 amide bonds. The molecule has 2 atom stereocenters. The summed E-state index contributed by atoms with van der Waals surface area (Å²) in [6.45, 7) is 2.87. The molecule has 0 saturated heterocycles. The van der Waals surface area contributed by atoms with Crippen molar-refractivity contribution in [2.24, 2.45) is 17.1 Å². The lowest BCUT2D eigenvalue weighted by atomic mass is 9.56. The second-order valence-corrected chi connectivity index (χ2v) is 6.73. The fraction of sp³-hybridized carbons (Fsp3) is 1.00. The van der Waals surface area contributed by atoms with Crippen LogP contribution in [0.4, 0.5) is 0 Å². The van der Waals surface area contributed by atoms with E-state index < -0.39 is 5.60 Å². The van der Waals surface area contributed by atoms with Crippen molar-refractivity contribution in [2.75, 3.05) is 13.7 Å². The fourth-order valence-electron chi connectivity index (χ4n) is 4.50. The van der Waals surface area contributed by atoms with Crippen molar-refractivity contribution in [3.63, 3.8) is 0 Å². The van der Waals surface area contributed by atoms with Crippen molar-refractivity contribution in [2.45, 2.75) is 76.4 Å². The molecule has 2 unspecified atom stereocenters. The molecule has 2 aliphatic rings. The van der Waals surface area contributed by atoms with Gasteiger partial charge < -0.3 is 15.6 Å². The molecule has 3 nitrogen and oxygen atoms in total. The minimum atomic E-state index is -0.701. The molecule has 19 heavy (non-hydrogen) atoms. The van der Waals surface area contributed by atoms with Crippen LogP contribution < -0.4 is 5.73 Å². The average molecular weight is 269 g/mol. The molecule has 0 aliphatic heterocycles. The third kappa shape index (κ3) is 2.57. The van der Waals surface area contributed by atoms with Gasteiger partial charge >= 0.3 is 0 Å². The molecule has 0 heterocycles. The molecule has 2 fully saturated rings. The standard InChI is InChI=1S/C16H31NO2/c1-3-13-7-10-15(12-17,11-8-13)16(18)9-5-4-6-14(16)19-2/h13-14,18H,3-12,17H2,1-2H3. The predicted molar refractivity (Wildman–Crippen MR) is 78.0 cm³/mol. The van der Waals surface area contributed by atoms with Crippen molar-refractivity contribution in [3.05, 3.63) is 0 Å². The van der Waals surface area contributed by atoms with Crippen LogP contribution in [0.3, 0.4) is 0 Å². The van der Waals surface area contributed by atoms with Crippen LogP contribution >= 0.6 is 0 Å². The van der Waals surface area contributed by atoms with Crippen LogP contribution in [0.5, 0.6) is 0 Å². The lowest BCUT2D eigenvalue weighted by Gasteiger charge is -2.55. The number of methoxy groups -OCH3 is 1. The number of rotatable bonds is 4. The van der Waals surface area contributed by atoms with E-state index in [9.17, 15) is 5.11 Å². The lowest BCUT2D eigenvalue weighted by Crippen LogP contribution is -2.62. The summed E-state index contributed by atoms with van der Waals surface area (Å²) in [4.78, 5) is 0. The van der Waals surface area contributed by atoms with Gasteiger partial charge in [-0.1, -0.05) is 26.2 Å². The van der Waals surface area contributed by atoms with Crippen molar-refractivity contribution < 1.29 is 9.84 Å². The molecule has 0 aromatic heterocycles. The van der Waals surface area contributed by atoms with E-state index in [-0.39, 0.29) is 11.5 Å². The topological polar surface area (TPSA) is 55.5 Å². The van der Waals surface area contributed by atoms with Gasteiger partial charge in [-0.15, -0.1) is 0 Å². The largest absolute Gasteiger partial charge is 0.387 e. The van der Waals surface area contributed by atoms with Crippen LogP contribution in [-0.4, -0.2) is 30.5 Å². The average Bonchev–Trinajstić information content (AvgIpc) is 2.47. The zero-order chi connectivity index (χ0) is 13.9. The molecule has 0 radical (unpaired) electrons. The maximum absolute atomic E-state index is 11.4. The third-order valence-corrected chi connectivity index (χ3v) is 6.04. The van der Waals surface area contributed by atoms with Crippen LogP contribution in [0.15, 0.2) is 0 Å². The highest BCUT2D eigenvalue weighted by molar-refractivity contribution is 5.07. The van der Waals surface area contributed by atoms with Crippen LogP contribution in [0, 0.1) is 11.3 Å². The number of ether oxygens (including phenoxy) is 1. The van der Waals surface area contributed by atoms with Gasteiger partial charge in [0.15, 0.2) is 0 Å². The number of aliphatic hydroxyl groups is 1. The first-order valence-corrected chi connectivity index (χ1v) is 8.07. The maximum atomic E-state index is 11.4. The highest BCUT2D eigenvalue weighted by Gasteiger charge is 2.55. The fourth-order valence-corrected chi connectivity index (χ4v) is 4.50. The van der Waals surface area contributed by atoms with E-state index in [2.05, 4.69) is 6.92 Å². The molecule has 0 aromatic carbocycles. The lowest BCUT2D eigenvalue weighted by molar-refractivity contribution is -0.197. The van der Waals surface area contributed by atoms with Crippen LogP contribution in [0.2, 0.25) is 0 Å². The maximum Gasteiger partial charge on any atom is 0.0975 e. The van der Waals surface area contributed by atoms with Gasteiger partial charge in [0.05, 0.1) is 11.7 Å². The Morgan fingerprint density at radius 1 is 1.16 bits per heavy atom. The Bertz CT molecular complexity index is 286. The van der Waals surface area contributed by atoms with Crippen molar-refractivity contribution in [1.29, 1.82) is 0 Å². The molecule has 112 valence electrons. The van der Waals surface area contributed by atoms with E-state index in [1.54, 1.807) is 7.11 Å². The van der Waals surface area contributed by atoms with E-state index in [0.29, 0.717) is 6.54 Å². The van der Waals surface area contributed by atoms with Gasteiger partial charge in [-0.25, -0.2) is 0 Å². The van der Waals surface area contributed by atoms with E-state index in [4.69, 9.17) is 10.5 Å². The summed E-state index contributed by atoms with van der Waals surface area (Å²) in [6.07, 6.45) is 9.91. The monoisotopic (exact) mass is 269 g/mol. The van der Waals surface area contributed by atoms with Crippen molar-refractivity contribution in [3.8, 4) is 0 Å². The number of hydrogen-bond acceptors (Lipinski definition) is 3. The summed E-state index contributed by atoms with van der Waals surface area (Å²) in [5.74, 6) is 0.827. The van der Waals surface area contributed by atoms with Gasteiger partial charge in [-0.2, -0.15) is 0 Å². The number of nitrogens with two attached hydrogens (primary N) is 1. The summed E-state index contributed by atoms with van der Waals surface area (Å²) < 4.78 is 5.63. The number of hydrogen-bond donors (Lipinski definition) is 2.